The molecule has 0 aliphatic heterocycles. The van der Waals surface area contributed by atoms with Gasteiger partial charge in [0.2, 0.25) is 5.88 Å². The third-order valence-electron chi connectivity index (χ3n) is 3.10. The van der Waals surface area contributed by atoms with E-state index in [2.05, 4.69) is 11.1 Å². The van der Waals surface area contributed by atoms with Crippen LogP contribution in [0.3, 0.4) is 0 Å². The highest BCUT2D eigenvalue weighted by Gasteiger charge is 2.15. The summed E-state index contributed by atoms with van der Waals surface area (Å²) in [6, 6.07) is 11.4. The molecule has 0 amide bonds. The first-order chi connectivity index (χ1) is 10.3. The fourth-order valence-corrected chi connectivity index (χ4v) is 3.02. The van der Waals surface area contributed by atoms with Crippen molar-refractivity contribution in [2.45, 2.75) is 6.61 Å². The second-order valence-corrected chi connectivity index (χ2v) is 5.30. The number of fused-ring (bicyclic) bond motifs is 1. The third kappa shape index (κ3) is 2.73. The predicted molar refractivity (Wildman–Crippen MR) is 81.7 cm³/mol. The van der Waals surface area contributed by atoms with Gasteiger partial charge in [-0.05, 0) is 29.0 Å². The van der Waals surface area contributed by atoms with Crippen LogP contribution >= 0.6 is 11.3 Å². The SMILES string of the molecule is COc1ncccc1C(=O)OCc1csc2ccccc12. The first-order valence-corrected chi connectivity index (χ1v) is 7.29. The topological polar surface area (TPSA) is 48.4 Å². The molecular weight excluding hydrogens is 286 g/mol. The molecule has 106 valence electrons. The van der Waals surface area contributed by atoms with Gasteiger partial charge in [-0.25, -0.2) is 9.78 Å². The molecule has 0 saturated carbocycles. The molecular formula is C16H13NO3S. The van der Waals surface area contributed by atoms with E-state index in [1.807, 2.05) is 23.6 Å². The van der Waals surface area contributed by atoms with Crippen molar-refractivity contribution < 1.29 is 14.3 Å². The van der Waals surface area contributed by atoms with Gasteiger partial charge in [0.25, 0.3) is 0 Å². The number of esters is 1. The minimum absolute atomic E-state index is 0.237. The quantitative estimate of drug-likeness (QED) is 0.690. The monoisotopic (exact) mass is 299 g/mol. The number of carbonyl (C=O) groups excluding carboxylic acids is 1. The molecule has 0 radical (unpaired) electrons. The molecule has 0 spiro atoms. The molecule has 0 atom stereocenters. The largest absolute Gasteiger partial charge is 0.480 e. The van der Waals surface area contributed by atoms with Crippen molar-refractivity contribution in [3.8, 4) is 5.88 Å². The number of pyridine rings is 1. The van der Waals surface area contributed by atoms with E-state index in [0.717, 1.165) is 10.9 Å². The van der Waals surface area contributed by atoms with Gasteiger partial charge < -0.3 is 9.47 Å². The summed E-state index contributed by atoms with van der Waals surface area (Å²) in [7, 11) is 1.48. The van der Waals surface area contributed by atoms with Crippen LogP contribution < -0.4 is 4.74 Å². The van der Waals surface area contributed by atoms with E-state index in [0.29, 0.717) is 5.56 Å². The zero-order valence-corrected chi connectivity index (χ0v) is 12.2. The Hall–Kier alpha value is -2.40. The van der Waals surface area contributed by atoms with Gasteiger partial charge in [0.1, 0.15) is 12.2 Å². The number of carbonyl (C=O) groups is 1. The van der Waals surface area contributed by atoms with E-state index in [-0.39, 0.29) is 12.5 Å². The van der Waals surface area contributed by atoms with Gasteiger partial charge in [0, 0.05) is 16.5 Å². The Kier molecular flexibility index (Phi) is 3.83. The average Bonchev–Trinajstić information content (AvgIpc) is 2.96. The van der Waals surface area contributed by atoms with Crippen LogP contribution in [0.15, 0.2) is 48.0 Å². The second-order valence-electron chi connectivity index (χ2n) is 4.39. The third-order valence-corrected chi connectivity index (χ3v) is 4.12. The summed E-state index contributed by atoms with van der Waals surface area (Å²) in [6.45, 7) is 0.237. The van der Waals surface area contributed by atoms with Crippen LogP contribution in [0.25, 0.3) is 10.1 Å². The van der Waals surface area contributed by atoms with Crippen LogP contribution in [0.4, 0.5) is 0 Å². The highest BCUT2D eigenvalue weighted by Crippen LogP contribution is 2.26. The number of hydrogen-bond acceptors (Lipinski definition) is 5. The molecule has 1 aromatic carbocycles. The molecule has 0 unspecified atom stereocenters. The van der Waals surface area contributed by atoms with Crippen molar-refractivity contribution in [3.05, 3.63) is 59.1 Å². The Balaban J connectivity index is 1.77. The van der Waals surface area contributed by atoms with Crippen molar-refractivity contribution in [3.63, 3.8) is 0 Å². The number of thiophene rings is 1. The molecule has 2 heterocycles. The van der Waals surface area contributed by atoms with Crippen LogP contribution in [-0.4, -0.2) is 18.1 Å². The molecule has 0 saturated heterocycles. The van der Waals surface area contributed by atoms with Crippen LogP contribution in [0.1, 0.15) is 15.9 Å². The van der Waals surface area contributed by atoms with E-state index < -0.39 is 5.97 Å². The standard InChI is InChI=1S/C16H13NO3S/c1-19-15-13(6-4-8-17-15)16(18)20-9-11-10-21-14-7-3-2-5-12(11)14/h2-8,10H,9H2,1H3. The number of nitrogens with zero attached hydrogens (tertiary/aromatic N) is 1. The minimum atomic E-state index is -0.435. The van der Waals surface area contributed by atoms with Crippen LogP contribution in [0, 0.1) is 0 Å². The van der Waals surface area contributed by atoms with Crippen molar-refractivity contribution in [1.29, 1.82) is 0 Å². The summed E-state index contributed by atoms with van der Waals surface area (Å²) >= 11 is 1.64. The number of aromatic nitrogens is 1. The minimum Gasteiger partial charge on any atom is -0.480 e. The zero-order valence-electron chi connectivity index (χ0n) is 11.4. The first-order valence-electron chi connectivity index (χ1n) is 6.41. The Bertz CT molecular complexity index is 782. The maximum Gasteiger partial charge on any atom is 0.343 e. The lowest BCUT2D eigenvalue weighted by Gasteiger charge is -2.07. The van der Waals surface area contributed by atoms with Crippen molar-refractivity contribution in [2.24, 2.45) is 0 Å². The Labute approximate surface area is 126 Å². The van der Waals surface area contributed by atoms with Gasteiger partial charge in [0.15, 0.2) is 0 Å². The Morgan fingerprint density at radius 3 is 2.95 bits per heavy atom. The number of ether oxygens (including phenoxy) is 2. The van der Waals surface area contributed by atoms with Crippen LogP contribution in [-0.2, 0) is 11.3 Å². The Morgan fingerprint density at radius 2 is 2.10 bits per heavy atom. The van der Waals surface area contributed by atoms with E-state index in [1.165, 1.54) is 11.8 Å². The highest BCUT2D eigenvalue weighted by atomic mass is 32.1. The molecule has 0 N–H and O–H groups in total. The molecule has 2 aromatic heterocycles. The summed E-state index contributed by atoms with van der Waals surface area (Å²) in [4.78, 5) is 16.1. The fraction of sp³-hybridized carbons (Fsp3) is 0.125. The summed E-state index contributed by atoms with van der Waals surface area (Å²) in [6.07, 6.45) is 1.57. The van der Waals surface area contributed by atoms with Crippen LogP contribution in [0.2, 0.25) is 0 Å². The lowest BCUT2D eigenvalue weighted by atomic mass is 10.2. The molecule has 4 nitrogen and oxygen atoms in total. The lowest BCUT2D eigenvalue weighted by Crippen LogP contribution is -2.07. The molecule has 0 bridgehead atoms. The van der Waals surface area contributed by atoms with Crippen molar-refractivity contribution in [1.82, 2.24) is 4.98 Å². The van der Waals surface area contributed by atoms with E-state index in [1.54, 1.807) is 29.7 Å². The van der Waals surface area contributed by atoms with Gasteiger partial charge in [-0.3, -0.25) is 0 Å². The molecule has 0 aliphatic rings. The first kappa shape index (κ1) is 13.6. The summed E-state index contributed by atoms with van der Waals surface area (Å²) in [5.41, 5.74) is 1.34. The molecule has 0 fully saturated rings. The molecule has 0 aliphatic carbocycles. The summed E-state index contributed by atoms with van der Waals surface area (Å²) in [5, 5.41) is 3.13. The molecule has 3 rings (SSSR count). The number of rotatable bonds is 4. The van der Waals surface area contributed by atoms with Gasteiger partial charge in [-0.2, -0.15) is 0 Å². The van der Waals surface area contributed by atoms with Crippen molar-refractivity contribution in [2.75, 3.05) is 7.11 Å². The fourth-order valence-electron chi connectivity index (χ4n) is 2.07. The van der Waals surface area contributed by atoms with Gasteiger partial charge in [-0.15, -0.1) is 11.3 Å². The maximum atomic E-state index is 12.1. The Morgan fingerprint density at radius 1 is 1.24 bits per heavy atom. The summed E-state index contributed by atoms with van der Waals surface area (Å²) in [5.74, 6) is -0.159. The highest BCUT2D eigenvalue weighted by molar-refractivity contribution is 7.17. The van der Waals surface area contributed by atoms with Crippen molar-refractivity contribution >= 4 is 27.4 Å². The predicted octanol–water partition coefficient (Wildman–Crippen LogP) is 3.66. The smallest absolute Gasteiger partial charge is 0.343 e. The van der Waals surface area contributed by atoms with Gasteiger partial charge in [-0.1, -0.05) is 18.2 Å². The number of benzene rings is 1. The molecule has 21 heavy (non-hydrogen) atoms. The van der Waals surface area contributed by atoms with Crippen LogP contribution in [0.5, 0.6) is 5.88 Å². The summed E-state index contributed by atoms with van der Waals surface area (Å²) < 4.78 is 11.6. The zero-order chi connectivity index (χ0) is 14.7. The lowest BCUT2D eigenvalue weighted by molar-refractivity contribution is 0.0470. The normalized spacial score (nSPS) is 10.5. The number of methoxy groups -OCH3 is 1. The average molecular weight is 299 g/mol. The molecule has 3 aromatic rings. The van der Waals surface area contributed by atoms with E-state index in [4.69, 9.17) is 9.47 Å². The second kappa shape index (κ2) is 5.93. The van der Waals surface area contributed by atoms with E-state index >= 15 is 0 Å². The van der Waals surface area contributed by atoms with Gasteiger partial charge in [0.05, 0.1) is 7.11 Å². The maximum absolute atomic E-state index is 12.1. The van der Waals surface area contributed by atoms with Gasteiger partial charge >= 0.3 is 5.97 Å². The number of hydrogen-bond donors (Lipinski definition) is 0. The molecule has 5 heteroatoms. The van der Waals surface area contributed by atoms with E-state index in [9.17, 15) is 4.79 Å².